The fraction of sp³-hybridized carbons (Fsp3) is 0.214. The van der Waals surface area contributed by atoms with E-state index < -0.39 is 0 Å². The predicted molar refractivity (Wildman–Crippen MR) is 125 cm³/mol. The van der Waals surface area contributed by atoms with Crippen LogP contribution in [0.1, 0.15) is 34.6 Å². The summed E-state index contributed by atoms with van der Waals surface area (Å²) in [5.74, 6) is 2.54. The van der Waals surface area contributed by atoms with Crippen molar-refractivity contribution in [3.05, 3.63) is 107 Å². The molecule has 0 N–H and O–H groups in total. The van der Waals surface area contributed by atoms with Crippen molar-refractivity contribution in [2.45, 2.75) is 19.3 Å². The van der Waals surface area contributed by atoms with E-state index in [1.54, 1.807) is 14.2 Å². The maximum atomic E-state index is 5.34. The van der Waals surface area contributed by atoms with Crippen LogP contribution in [0.3, 0.4) is 0 Å². The second-order valence-corrected chi connectivity index (χ2v) is 7.86. The zero-order chi connectivity index (χ0) is 20.9. The fourth-order valence-corrected chi connectivity index (χ4v) is 4.08. The molecule has 0 spiro atoms. The SMILES string of the molecule is COc1ccc(/C=C/[C@@H]2CC(c3ccc(C)cc3)=C[C@H]2c2ccc(OC)cc2)cc1. The Labute approximate surface area is 179 Å². The quantitative estimate of drug-likeness (QED) is 0.450. The van der Waals surface area contributed by atoms with Crippen molar-refractivity contribution in [1.29, 1.82) is 0 Å². The topological polar surface area (TPSA) is 18.5 Å². The van der Waals surface area contributed by atoms with Gasteiger partial charge >= 0.3 is 0 Å². The molecule has 0 unspecified atom stereocenters. The molecular formula is C28H28O2. The molecule has 152 valence electrons. The lowest BCUT2D eigenvalue weighted by atomic mass is 9.88. The highest BCUT2D eigenvalue weighted by Crippen LogP contribution is 2.43. The molecule has 0 saturated carbocycles. The zero-order valence-corrected chi connectivity index (χ0v) is 17.8. The standard InChI is InChI=1S/C28H28O2/c1-20-4-9-22(10-5-20)25-18-24(11-6-21-7-14-26(29-2)15-8-21)28(19-25)23-12-16-27(30-3)17-13-23/h4-17,19,24,28H,18H2,1-3H3/b11-6+/t24-,28+/m1/s1. The molecule has 2 heteroatoms. The Morgan fingerprint density at radius 3 is 1.97 bits per heavy atom. The molecule has 30 heavy (non-hydrogen) atoms. The van der Waals surface area contributed by atoms with Gasteiger partial charge in [-0.25, -0.2) is 0 Å². The van der Waals surface area contributed by atoms with Crippen molar-refractivity contribution in [3.8, 4) is 11.5 Å². The van der Waals surface area contributed by atoms with Gasteiger partial charge in [0.05, 0.1) is 14.2 Å². The van der Waals surface area contributed by atoms with Gasteiger partial charge in [-0.2, -0.15) is 0 Å². The van der Waals surface area contributed by atoms with E-state index >= 15 is 0 Å². The molecule has 1 aliphatic rings. The van der Waals surface area contributed by atoms with Crippen molar-refractivity contribution >= 4 is 11.6 Å². The maximum absolute atomic E-state index is 5.34. The van der Waals surface area contributed by atoms with Crippen molar-refractivity contribution in [3.63, 3.8) is 0 Å². The van der Waals surface area contributed by atoms with Crippen LogP contribution in [0.25, 0.3) is 11.6 Å². The van der Waals surface area contributed by atoms with Gasteiger partial charge in [0.25, 0.3) is 0 Å². The summed E-state index contributed by atoms with van der Waals surface area (Å²) in [6.45, 7) is 2.13. The summed E-state index contributed by atoms with van der Waals surface area (Å²) in [5, 5.41) is 0. The second-order valence-electron chi connectivity index (χ2n) is 7.86. The predicted octanol–water partition coefficient (Wildman–Crippen LogP) is 6.91. The van der Waals surface area contributed by atoms with Gasteiger partial charge in [0.1, 0.15) is 11.5 Å². The Balaban J connectivity index is 1.62. The molecule has 0 saturated heterocycles. The smallest absolute Gasteiger partial charge is 0.118 e. The van der Waals surface area contributed by atoms with E-state index in [0.29, 0.717) is 11.8 Å². The van der Waals surface area contributed by atoms with Gasteiger partial charge in [0, 0.05) is 5.92 Å². The molecule has 4 rings (SSSR count). The van der Waals surface area contributed by atoms with Crippen LogP contribution < -0.4 is 9.47 Å². The van der Waals surface area contributed by atoms with E-state index in [9.17, 15) is 0 Å². The minimum absolute atomic E-state index is 0.349. The van der Waals surface area contributed by atoms with Crippen LogP contribution in [-0.2, 0) is 0 Å². The van der Waals surface area contributed by atoms with Gasteiger partial charge < -0.3 is 9.47 Å². The van der Waals surface area contributed by atoms with E-state index in [2.05, 4.69) is 85.8 Å². The third-order valence-electron chi connectivity index (χ3n) is 5.87. The summed E-state index contributed by atoms with van der Waals surface area (Å²) in [4.78, 5) is 0. The monoisotopic (exact) mass is 396 g/mol. The number of aryl methyl sites for hydroxylation is 1. The van der Waals surface area contributed by atoms with Crippen LogP contribution in [0, 0.1) is 12.8 Å². The Morgan fingerprint density at radius 1 is 0.767 bits per heavy atom. The molecule has 0 bridgehead atoms. The Hall–Kier alpha value is -3.26. The average Bonchev–Trinajstić information content (AvgIpc) is 3.23. The Bertz CT molecular complexity index is 1030. The normalized spacial score (nSPS) is 18.4. The summed E-state index contributed by atoms with van der Waals surface area (Å²) >= 11 is 0. The van der Waals surface area contributed by atoms with Gasteiger partial charge in [-0.3, -0.25) is 0 Å². The van der Waals surface area contributed by atoms with Crippen molar-refractivity contribution in [2.75, 3.05) is 14.2 Å². The van der Waals surface area contributed by atoms with Crippen LogP contribution in [-0.4, -0.2) is 14.2 Å². The first kappa shape index (κ1) is 20.0. The molecule has 2 atom stereocenters. The lowest BCUT2D eigenvalue weighted by molar-refractivity contribution is 0.414. The van der Waals surface area contributed by atoms with Crippen molar-refractivity contribution < 1.29 is 9.47 Å². The molecule has 2 nitrogen and oxygen atoms in total. The Morgan fingerprint density at radius 2 is 1.37 bits per heavy atom. The van der Waals surface area contributed by atoms with Crippen LogP contribution in [0.5, 0.6) is 11.5 Å². The summed E-state index contributed by atoms with van der Waals surface area (Å²) < 4.78 is 10.6. The van der Waals surface area contributed by atoms with E-state index in [0.717, 1.165) is 17.9 Å². The van der Waals surface area contributed by atoms with Crippen LogP contribution in [0.2, 0.25) is 0 Å². The largest absolute Gasteiger partial charge is 0.497 e. The first-order chi connectivity index (χ1) is 14.7. The lowest BCUT2D eigenvalue weighted by Gasteiger charge is -2.17. The first-order valence-corrected chi connectivity index (χ1v) is 10.4. The number of benzene rings is 3. The van der Waals surface area contributed by atoms with Gasteiger partial charge in [-0.05, 0) is 65.8 Å². The van der Waals surface area contributed by atoms with Gasteiger partial charge in [-0.1, -0.05) is 72.3 Å². The summed E-state index contributed by atoms with van der Waals surface area (Å²) in [6.07, 6.45) is 8.06. The van der Waals surface area contributed by atoms with Crippen molar-refractivity contribution in [1.82, 2.24) is 0 Å². The van der Waals surface area contributed by atoms with Crippen LogP contribution >= 0.6 is 0 Å². The number of methoxy groups -OCH3 is 2. The average molecular weight is 397 g/mol. The molecule has 3 aromatic rings. The van der Waals surface area contributed by atoms with E-state index in [1.807, 2.05) is 12.1 Å². The number of rotatable bonds is 6. The minimum Gasteiger partial charge on any atom is -0.497 e. The molecule has 1 aliphatic carbocycles. The highest BCUT2D eigenvalue weighted by Gasteiger charge is 2.27. The van der Waals surface area contributed by atoms with Crippen LogP contribution in [0.4, 0.5) is 0 Å². The molecular weight excluding hydrogens is 368 g/mol. The van der Waals surface area contributed by atoms with E-state index in [1.165, 1.54) is 27.8 Å². The first-order valence-electron chi connectivity index (χ1n) is 10.4. The van der Waals surface area contributed by atoms with Crippen molar-refractivity contribution in [2.24, 2.45) is 5.92 Å². The molecule has 0 heterocycles. The third-order valence-corrected chi connectivity index (χ3v) is 5.87. The molecule has 3 aromatic carbocycles. The fourth-order valence-electron chi connectivity index (χ4n) is 4.08. The molecule has 0 amide bonds. The summed E-state index contributed by atoms with van der Waals surface area (Å²) in [7, 11) is 3.40. The number of allylic oxidation sites excluding steroid dienone is 3. The highest BCUT2D eigenvalue weighted by atomic mass is 16.5. The highest BCUT2D eigenvalue weighted by molar-refractivity contribution is 5.70. The number of ether oxygens (including phenoxy) is 2. The summed E-state index contributed by atoms with van der Waals surface area (Å²) in [5.41, 5.74) is 6.54. The minimum atomic E-state index is 0.349. The molecule has 0 aromatic heterocycles. The van der Waals surface area contributed by atoms with Gasteiger partial charge in [0.15, 0.2) is 0 Å². The number of hydrogen-bond donors (Lipinski definition) is 0. The van der Waals surface area contributed by atoms with E-state index in [-0.39, 0.29) is 0 Å². The third kappa shape index (κ3) is 4.49. The molecule has 0 aliphatic heterocycles. The van der Waals surface area contributed by atoms with Gasteiger partial charge in [-0.15, -0.1) is 0 Å². The summed E-state index contributed by atoms with van der Waals surface area (Å²) in [6, 6.07) is 25.5. The number of hydrogen-bond acceptors (Lipinski definition) is 2. The zero-order valence-electron chi connectivity index (χ0n) is 17.8. The second kappa shape index (κ2) is 9.04. The van der Waals surface area contributed by atoms with E-state index in [4.69, 9.17) is 9.47 Å². The van der Waals surface area contributed by atoms with Crippen LogP contribution in [0.15, 0.2) is 84.9 Å². The Kier molecular flexibility index (Phi) is 6.04. The van der Waals surface area contributed by atoms with Gasteiger partial charge in [0.2, 0.25) is 0 Å². The molecule has 0 radical (unpaired) electrons. The maximum Gasteiger partial charge on any atom is 0.118 e. The lowest BCUT2D eigenvalue weighted by Crippen LogP contribution is -2.03. The molecule has 0 fully saturated rings.